The van der Waals surface area contributed by atoms with E-state index in [4.69, 9.17) is 4.74 Å². The van der Waals surface area contributed by atoms with Gasteiger partial charge in [-0.2, -0.15) is 0 Å². The summed E-state index contributed by atoms with van der Waals surface area (Å²) in [7, 11) is -1.68. The molecule has 1 aliphatic rings. The van der Waals surface area contributed by atoms with E-state index in [2.05, 4.69) is 5.32 Å². The number of ether oxygens (including phenoxy) is 1. The minimum atomic E-state index is -3.12. The lowest BCUT2D eigenvalue weighted by Gasteiger charge is -2.23. The summed E-state index contributed by atoms with van der Waals surface area (Å²) < 4.78 is 28.6. The molecule has 132 valence electrons. The highest BCUT2D eigenvalue weighted by Crippen LogP contribution is 2.25. The molecule has 0 aromatic heterocycles. The number of carbonyl (C=O) groups is 2. The fourth-order valence-electron chi connectivity index (χ4n) is 2.51. The van der Waals surface area contributed by atoms with Crippen LogP contribution in [-0.2, 0) is 19.4 Å². The molecule has 1 aromatic rings. The Hall–Kier alpha value is -2.09. The molecule has 0 bridgehead atoms. The molecule has 24 heavy (non-hydrogen) atoms. The number of hydrogen-bond acceptors (Lipinski definition) is 5. The number of benzene rings is 1. The molecule has 1 unspecified atom stereocenters. The quantitative estimate of drug-likeness (QED) is 0.816. The van der Waals surface area contributed by atoms with E-state index >= 15 is 0 Å². The number of likely N-dealkylation sites (N-methyl/N-ethyl adjacent to an activating group) is 1. The van der Waals surface area contributed by atoms with Gasteiger partial charge >= 0.3 is 11.8 Å². The van der Waals surface area contributed by atoms with Crippen molar-refractivity contribution in [3.63, 3.8) is 0 Å². The van der Waals surface area contributed by atoms with Crippen molar-refractivity contribution in [2.75, 3.05) is 23.9 Å². The van der Waals surface area contributed by atoms with E-state index in [1.807, 2.05) is 13.8 Å². The van der Waals surface area contributed by atoms with Crippen molar-refractivity contribution < 1.29 is 22.7 Å². The molecule has 1 heterocycles. The largest absolute Gasteiger partial charge is 0.489 e. The van der Waals surface area contributed by atoms with Crippen LogP contribution in [0.3, 0.4) is 0 Å². The Labute approximate surface area is 141 Å². The highest BCUT2D eigenvalue weighted by Gasteiger charge is 2.34. The molecule has 1 fully saturated rings. The van der Waals surface area contributed by atoms with Crippen LogP contribution in [0, 0.1) is 0 Å². The Morgan fingerprint density at radius 1 is 1.29 bits per heavy atom. The van der Waals surface area contributed by atoms with Crippen molar-refractivity contribution >= 4 is 27.3 Å². The Kier molecular flexibility index (Phi) is 5.48. The average molecular weight is 354 g/mol. The summed E-state index contributed by atoms with van der Waals surface area (Å²) in [5, 5.41) is 2.54. The molecule has 1 N–H and O–H groups in total. The summed E-state index contributed by atoms with van der Waals surface area (Å²) in [5.41, 5.74) is 0.400. The van der Waals surface area contributed by atoms with E-state index in [-0.39, 0.29) is 17.6 Å². The van der Waals surface area contributed by atoms with Crippen LogP contribution < -0.4 is 10.1 Å². The summed E-state index contributed by atoms with van der Waals surface area (Å²) in [5.74, 6) is -1.17. The lowest BCUT2D eigenvalue weighted by atomic mass is 10.2. The smallest absolute Gasteiger partial charge is 0.314 e. The van der Waals surface area contributed by atoms with Gasteiger partial charge in [-0.15, -0.1) is 0 Å². The van der Waals surface area contributed by atoms with E-state index in [9.17, 15) is 18.0 Å². The van der Waals surface area contributed by atoms with Crippen LogP contribution in [0.5, 0.6) is 5.75 Å². The number of nitrogens with zero attached hydrogens (tertiary/aromatic N) is 1. The number of anilines is 1. The normalized spacial score (nSPS) is 19.1. The molecule has 1 atom stereocenters. The molecule has 0 radical (unpaired) electrons. The number of hydrogen-bond donors (Lipinski definition) is 1. The lowest BCUT2D eigenvalue weighted by molar-refractivity contribution is -0.143. The molecule has 0 saturated carbocycles. The van der Waals surface area contributed by atoms with Crippen LogP contribution in [0.15, 0.2) is 24.3 Å². The van der Waals surface area contributed by atoms with Gasteiger partial charge in [0, 0.05) is 13.1 Å². The molecule has 1 aromatic carbocycles. The highest BCUT2D eigenvalue weighted by molar-refractivity contribution is 7.91. The van der Waals surface area contributed by atoms with E-state index in [1.165, 1.54) is 11.9 Å². The first kappa shape index (κ1) is 18.3. The second kappa shape index (κ2) is 7.21. The molecule has 7 nitrogen and oxygen atoms in total. The van der Waals surface area contributed by atoms with Crippen molar-refractivity contribution in [1.29, 1.82) is 0 Å². The van der Waals surface area contributed by atoms with Crippen LogP contribution in [0.4, 0.5) is 5.69 Å². The van der Waals surface area contributed by atoms with Gasteiger partial charge in [0.1, 0.15) is 5.75 Å². The van der Waals surface area contributed by atoms with Crippen LogP contribution in [0.1, 0.15) is 20.3 Å². The maximum Gasteiger partial charge on any atom is 0.314 e. The fourth-order valence-corrected chi connectivity index (χ4v) is 4.28. The van der Waals surface area contributed by atoms with E-state index in [0.717, 1.165) is 0 Å². The van der Waals surface area contributed by atoms with Crippen LogP contribution in [0.2, 0.25) is 0 Å². The van der Waals surface area contributed by atoms with Crippen LogP contribution in [0.25, 0.3) is 0 Å². The maximum atomic E-state index is 12.3. The van der Waals surface area contributed by atoms with Gasteiger partial charge in [0.05, 0.1) is 23.3 Å². The summed E-state index contributed by atoms with van der Waals surface area (Å²) >= 11 is 0. The minimum absolute atomic E-state index is 0.0436. The lowest BCUT2D eigenvalue weighted by Crippen LogP contribution is -2.43. The third-order valence-corrected chi connectivity index (χ3v) is 5.52. The highest BCUT2D eigenvalue weighted by atomic mass is 32.2. The van der Waals surface area contributed by atoms with Gasteiger partial charge in [0.25, 0.3) is 0 Å². The van der Waals surface area contributed by atoms with E-state index in [1.54, 1.807) is 24.3 Å². The molecule has 8 heteroatoms. The molecule has 1 saturated heterocycles. The first-order valence-corrected chi connectivity index (χ1v) is 9.56. The van der Waals surface area contributed by atoms with Crippen LogP contribution in [-0.4, -0.2) is 55.8 Å². The second-order valence-corrected chi connectivity index (χ2v) is 8.32. The third kappa shape index (κ3) is 4.47. The van der Waals surface area contributed by atoms with Crippen molar-refractivity contribution in [1.82, 2.24) is 4.90 Å². The number of nitrogens with one attached hydrogen (secondary N) is 1. The van der Waals surface area contributed by atoms with Crippen molar-refractivity contribution in [2.45, 2.75) is 32.4 Å². The van der Waals surface area contributed by atoms with Crippen molar-refractivity contribution in [3.8, 4) is 5.75 Å². The van der Waals surface area contributed by atoms with Crippen LogP contribution >= 0.6 is 0 Å². The summed E-state index contributed by atoms with van der Waals surface area (Å²) in [6, 6.07) is 6.37. The standard InChI is InChI=1S/C16H22N2O5S/c1-11(2)23-14-7-5-4-6-13(14)17-15(19)16(20)18(3)12-8-9-24(21,22)10-12/h4-7,11-12H,8-10H2,1-3H3,(H,17,19). The van der Waals surface area contributed by atoms with E-state index < -0.39 is 27.7 Å². The second-order valence-electron chi connectivity index (χ2n) is 6.09. The van der Waals surface area contributed by atoms with Gasteiger partial charge < -0.3 is 15.0 Å². The molecule has 2 rings (SSSR count). The molecule has 1 aliphatic heterocycles. The number of amides is 2. The fraction of sp³-hybridized carbons (Fsp3) is 0.500. The predicted octanol–water partition coefficient (Wildman–Crippen LogP) is 1.06. The monoisotopic (exact) mass is 354 g/mol. The minimum Gasteiger partial charge on any atom is -0.489 e. The number of carbonyl (C=O) groups excluding carboxylic acids is 2. The molecular weight excluding hydrogens is 332 g/mol. The zero-order chi connectivity index (χ0) is 17.9. The SMILES string of the molecule is CC(C)Oc1ccccc1NC(=O)C(=O)N(C)C1CCS(=O)(=O)C1. The summed E-state index contributed by atoms with van der Waals surface area (Å²) in [6.45, 7) is 3.72. The van der Waals surface area contributed by atoms with Gasteiger partial charge in [-0.25, -0.2) is 8.42 Å². The molecular formula is C16H22N2O5S. The van der Waals surface area contributed by atoms with E-state index in [0.29, 0.717) is 17.9 Å². The predicted molar refractivity (Wildman–Crippen MR) is 90.7 cm³/mol. The summed E-state index contributed by atoms with van der Waals surface area (Å²) in [6.07, 6.45) is 0.273. The summed E-state index contributed by atoms with van der Waals surface area (Å²) in [4.78, 5) is 25.7. The van der Waals surface area contributed by atoms with Gasteiger partial charge in [-0.1, -0.05) is 12.1 Å². The van der Waals surface area contributed by atoms with Gasteiger partial charge in [-0.3, -0.25) is 9.59 Å². The maximum absolute atomic E-state index is 12.3. The molecule has 2 amide bonds. The molecule has 0 spiro atoms. The number of para-hydroxylation sites is 2. The zero-order valence-corrected chi connectivity index (χ0v) is 14.8. The Balaban J connectivity index is 2.06. The van der Waals surface area contributed by atoms with Gasteiger partial charge in [0.15, 0.2) is 9.84 Å². The first-order valence-electron chi connectivity index (χ1n) is 7.74. The number of sulfone groups is 1. The average Bonchev–Trinajstić information content (AvgIpc) is 2.87. The van der Waals surface area contributed by atoms with Crippen molar-refractivity contribution in [2.24, 2.45) is 0 Å². The topological polar surface area (TPSA) is 92.8 Å². The third-order valence-electron chi connectivity index (χ3n) is 3.77. The zero-order valence-electron chi connectivity index (χ0n) is 14.0. The Morgan fingerprint density at radius 2 is 1.96 bits per heavy atom. The molecule has 0 aliphatic carbocycles. The Morgan fingerprint density at radius 3 is 2.54 bits per heavy atom. The van der Waals surface area contributed by atoms with Gasteiger partial charge in [-0.05, 0) is 32.4 Å². The number of rotatable bonds is 4. The Bertz CT molecular complexity index is 730. The van der Waals surface area contributed by atoms with Crippen molar-refractivity contribution in [3.05, 3.63) is 24.3 Å². The van der Waals surface area contributed by atoms with Gasteiger partial charge in [0.2, 0.25) is 0 Å². The first-order chi connectivity index (χ1) is 11.2.